The first-order chi connectivity index (χ1) is 13.6. The summed E-state index contributed by atoms with van der Waals surface area (Å²) in [5.74, 6) is 1.68. The van der Waals surface area contributed by atoms with Gasteiger partial charge in [-0.1, -0.05) is 12.1 Å². The summed E-state index contributed by atoms with van der Waals surface area (Å²) in [5.41, 5.74) is 3.40. The van der Waals surface area contributed by atoms with Crippen molar-refractivity contribution in [2.45, 2.75) is 40.3 Å². The topological polar surface area (TPSA) is 72.7 Å². The summed E-state index contributed by atoms with van der Waals surface area (Å²) in [7, 11) is 1.67. The monoisotopic (exact) mass is 515 g/mol. The highest BCUT2D eigenvalue weighted by molar-refractivity contribution is 14.0. The van der Waals surface area contributed by atoms with Gasteiger partial charge in [0.25, 0.3) is 0 Å². The van der Waals surface area contributed by atoms with Crippen molar-refractivity contribution in [3.63, 3.8) is 0 Å². The van der Waals surface area contributed by atoms with Crippen LogP contribution in [0.25, 0.3) is 0 Å². The van der Waals surface area contributed by atoms with Gasteiger partial charge >= 0.3 is 0 Å². The average molecular weight is 515 g/mol. The maximum atomic E-state index is 5.58. The minimum absolute atomic E-state index is 0. The van der Waals surface area contributed by atoms with Gasteiger partial charge in [0, 0.05) is 32.4 Å². The van der Waals surface area contributed by atoms with E-state index in [9.17, 15) is 0 Å². The SMILES string of the molecule is CCNC(=NCc1ccc(OCCOC)cc1)NCCCn1nc(C)cc1C.I. The van der Waals surface area contributed by atoms with Crippen LogP contribution in [0.4, 0.5) is 0 Å². The number of hydrogen-bond acceptors (Lipinski definition) is 4. The van der Waals surface area contributed by atoms with Crippen LogP contribution in [-0.4, -0.2) is 49.2 Å². The summed E-state index contributed by atoms with van der Waals surface area (Å²) in [6.07, 6.45) is 0.986. The van der Waals surface area contributed by atoms with E-state index >= 15 is 0 Å². The first kappa shape index (κ1) is 25.2. The summed E-state index contributed by atoms with van der Waals surface area (Å²) in [5, 5.41) is 11.2. The zero-order chi connectivity index (χ0) is 20.2. The third kappa shape index (κ3) is 9.49. The number of halogens is 1. The Labute approximate surface area is 191 Å². The lowest BCUT2D eigenvalue weighted by atomic mass is 10.2. The van der Waals surface area contributed by atoms with Crippen LogP contribution in [0, 0.1) is 13.8 Å². The molecule has 0 aliphatic rings. The van der Waals surface area contributed by atoms with Crippen LogP contribution in [-0.2, 0) is 17.8 Å². The Morgan fingerprint density at radius 3 is 2.52 bits per heavy atom. The molecule has 0 saturated heterocycles. The molecule has 7 nitrogen and oxygen atoms in total. The van der Waals surface area contributed by atoms with Gasteiger partial charge in [-0.2, -0.15) is 5.10 Å². The Hall–Kier alpha value is -1.81. The Bertz CT molecular complexity index is 731. The number of aromatic nitrogens is 2. The number of aryl methyl sites for hydroxylation is 3. The van der Waals surface area contributed by atoms with Crippen molar-refractivity contribution in [3.05, 3.63) is 47.3 Å². The molecule has 2 N–H and O–H groups in total. The standard InChI is InChI=1S/C21H33N5O2.HI/c1-5-22-21(23-11-6-12-26-18(3)15-17(2)25-26)24-16-19-7-9-20(10-8-19)28-14-13-27-4;/h7-10,15H,5-6,11-14,16H2,1-4H3,(H2,22,23,24);1H. The fourth-order valence-electron chi connectivity index (χ4n) is 2.78. The molecule has 0 spiro atoms. The first-order valence-corrected chi connectivity index (χ1v) is 9.86. The molecule has 2 rings (SSSR count). The quantitative estimate of drug-likeness (QED) is 0.208. The molecule has 162 valence electrons. The predicted molar refractivity (Wildman–Crippen MR) is 128 cm³/mol. The molecule has 0 bridgehead atoms. The third-order valence-corrected chi connectivity index (χ3v) is 4.19. The number of hydrogen-bond donors (Lipinski definition) is 2. The fraction of sp³-hybridized carbons (Fsp3) is 0.524. The Balaban J connectivity index is 0.00000420. The number of ether oxygens (including phenoxy) is 2. The Morgan fingerprint density at radius 1 is 1.14 bits per heavy atom. The lowest BCUT2D eigenvalue weighted by Gasteiger charge is -2.12. The molecule has 0 atom stereocenters. The van der Waals surface area contributed by atoms with Crippen LogP contribution in [0.1, 0.15) is 30.3 Å². The van der Waals surface area contributed by atoms with Crippen LogP contribution in [0.5, 0.6) is 5.75 Å². The van der Waals surface area contributed by atoms with Crippen molar-refractivity contribution in [1.82, 2.24) is 20.4 Å². The largest absolute Gasteiger partial charge is 0.491 e. The molecule has 29 heavy (non-hydrogen) atoms. The van der Waals surface area contributed by atoms with E-state index in [1.165, 1.54) is 5.69 Å². The number of aliphatic imine (C=N–C) groups is 1. The molecule has 0 unspecified atom stereocenters. The van der Waals surface area contributed by atoms with Crippen LogP contribution in [0.3, 0.4) is 0 Å². The molecule has 0 saturated carbocycles. The second-order valence-corrected chi connectivity index (χ2v) is 6.61. The molecule has 1 aromatic carbocycles. The average Bonchev–Trinajstić information content (AvgIpc) is 3.01. The Kier molecular flexibility index (Phi) is 12.4. The highest BCUT2D eigenvalue weighted by atomic mass is 127. The minimum Gasteiger partial charge on any atom is -0.491 e. The lowest BCUT2D eigenvalue weighted by molar-refractivity contribution is 0.146. The molecule has 8 heteroatoms. The van der Waals surface area contributed by atoms with Gasteiger partial charge < -0.3 is 20.1 Å². The van der Waals surface area contributed by atoms with Crippen molar-refractivity contribution in [2.24, 2.45) is 4.99 Å². The summed E-state index contributed by atoms with van der Waals surface area (Å²) >= 11 is 0. The normalized spacial score (nSPS) is 11.1. The number of methoxy groups -OCH3 is 1. The number of nitrogens with zero attached hydrogens (tertiary/aromatic N) is 3. The third-order valence-electron chi connectivity index (χ3n) is 4.19. The van der Waals surface area contributed by atoms with Crippen molar-refractivity contribution in [1.29, 1.82) is 0 Å². The molecule has 0 fully saturated rings. The highest BCUT2D eigenvalue weighted by Crippen LogP contribution is 2.12. The van der Waals surface area contributed by atoms with Gasteiger partial charge in [-0.25, -0.2) is 4.99 Å². The number of guanidine groups is 1. The van der Waals surface area contributed by atoms with Crippen LogP contribution >= 0.6 is 24.0 Å². The van der Waals surface area contributed by atoms with E-state index in [2.05, 4.69) is 45.3 Å². The van der Waals surface area contributed by atoms with E-state index in [0.717, 1.165) is 49.0 Å². The molecule has 1 aromatic heterocycles. The van der Waals surface area contributed by atoms with E-state index in [1.807, 2.05) is 31.2 Å². The molecule has 1 heterocycles. The van der Waals surface area contributed by atoms with Crippen molar-refractivity contribution in [3.8, 4) is 5.75 Å². The van der Waals surface area contributed by atoms with Gasteiger partial charge in [-0.15, -0.1) is 24.0 Å². The van der Waals surface area contributed by atoms with E-state index in [4.69, 9.17) is 9.47 Å². The summed E-state index contributed by atoms with van der Waals surface area (Å²) in [4.78, 5) is 4.67. The number of benzene rings is 1. The summed E-state index contributed by atoms with van der Waals surface area (Å²) < 4.78 is 12.6. The number of nitrogens with one attached hydrogen (secondary N) is 2. The molecule has 2 aromatic rings. The van der Waals surface area contributed by atoms with Gasteiger partial charge in [-0.05, 0) is 51.0 Å². The predicted octanol–water partition coefficient (Wildman–Crippen LogP) is 3.29. The number of rotatable bonds is 11. The summed E-state index contributed by atoms with van der Waals surface area (Å²) in [6, 6.07) is 10.1. The van der Waals surface area contributed by atoms with Crippen molar-refractivity contribution < 1.29 is 9.47 Å². The molecule has 0 aliphatic heterocycles. The molecule has 0 radical (unpaired) electrons. The van der Waals surface area contributed by atoms with Crippen molar-refractivity contribution >= 4 is 29.9 Å². The van der Waals surface area contributed by atoms with Crippen LogP contribution < -0.4 is 15.4 Å². The minimum atomic E-state index is 0. The lowest BCUT2D eigenvalue weighted by Crippen LogP contribution is -2.38. The smallest absolute Gasteiger partial charge is 0.191 e. The van der Waals surface area contributed by atoms with E-state index in [-0.39, 0.29) is 24.0 Å². The molecular formula is C21H34IN5O2. The van der Waals surface area contributed by atoms with Gasteiger partial charge in [-0.3, -0.25) is 4.68 Å². The first-order valence-electron chi connectivity index (χ1n) is 9.86. The Morgan fingerprint density at radius 2 is 1.90 bits per heavy atom. The van der Waals surface area contributed by atoms with Gasteiger partial charge in [0.05, 0.1) is 18.8 Å². The van der Waals surface area contributed by atoms with Crippen LogP contribution in [0.2, 0.25) is 0 Å². The maximum absolute atomic E-state index is 5.58. The van der Waals surface area contributed by atoms with E-state index in [1.54, 1.807) is 7.11 Å². The second-order valence-electron chi connectivity index (χ2n) is 6.61. The zero-order valence-electron chi connectivity index (χ0n) is 17.9. The van der Waals surface area contributed by atoms with Gasteiger partial charge in [0.15, 0.2) is 5.96 Å². The van der Waals surface area contributed by atoms with Gasteiger partial charge in [0.1, 0.15) is 12.4 Å². The van der Waals surface area contributed by atoms with E-state index in [0.29, 0.717) is 19.8 Å². The van der Waals surface area contributed by atoms with E-state index < -0.39 is 0 Å². The molecular weight excluding hydrogens is 481 g/mol. The van der Waals surface area contributed by atoms with Crippen LogP contribution in [0.15, 0.2) is 35.3 Å². The second kappa shape index (κ2) is 14.2. The zero-order valence-corrected chi connectivity index (χ0v) is 20.2. The van der Waals surface area contributed by atoms with Crippen molar-refractivity contribution in [2.75, 3.05) is 33.4 Å². The molecule has 0 amide bonds. The molecule has 0 aliphatic carbocycles. The highest BCUT2D eigenvalue weighted by Gasteiger charge is 2.02. The van der Waals surface area contributed by atoms with Gasteiger partial charge in [0.2, 0.25) is 0 Å². The fourth-order valence-corrected chi connectivity index (χ4v) is 2.78. The maximum Gasteiger partial charge on any atom is 0.191 e. The summed E-state index contributed by atoms with van der Waals surface area (Å²) in [6.45, 7) is 10.5.